The van der Waals surface area contributed by atoms with Crippen LogP contribution in [0.4, 0.5) is 5.69 Å². The molecule has 1 N–H and O–H groups in total. The maximum absolute atomic E-state index is 12.4. The quantitative estimate of drug-likeness (QED) is 0.894. The molecule has 2 aromatic carbocycles. The van der Waals surface area contributed by atoms with Crippen LogP contribution in [0.3, 0.4) is 0 Å². The molecule has 0 heterocycles. The van der Waals surface area contributed by atoms with Crippen molar-refractivity contribution < 1.29 is 9.90 Å². The second kappa shape index (κ2) is 5.63. The summed E-state index contributed by atoms with van der Waals surface area (Å²) in [5.41, 5.74) is 1.08. The normalized spacial score (nSPS) is 10.3. The van der Waals surface area contributed by atoms with Crippen molar-refractivity contribution in [3.8, 4) is 5.75 Å². The van der Waals surface area contributed by atoms with Gasteiger partial charge < -0.3 is 10.0 Å². The number of carbonyl (C=O) groups is 1. The summed E-state index contributed by atoms with van der Waals surface area (Å²) in [6.45, 7) is 0. The summed E-state index contributed by atoms with van der Waals surface area (Å²) in [6, 6.07) is 11.5. The number of hydrogen-bond acceptors (Lipinski definition) is 2. The van der Waals surface area contributed by atoms with E-state index < -0.39 is 0 Å². The van der Waals surface area contributed by atoms with E-state index >= 15 is 0 Å². The van der Waals surface area contributed by atoms with Crippen LogP contribution in [0, 0.1) is 0 Å². The van der Waals surface area contributed by atoms with Gasteiger partial charge in [-0.1, -0.05) is 17.7 Å². The molecule has 19 heavy (non-hydrogen) atoms. The summed E-state index contributed by atoms with van der Waals surface area (Å²) in [5.74, 6) is -0.0951. The second-order valence-corrected chi connectivity index (χ2v) is 5.30. The second-order valence-electron chi connectivity index (χ2n) is 4.01. The lowest BCUT2D eigenvalue weighted by molar-refractivity contribution is 0.0992. The molecular formula is C14H11BrClNO2. The van der Waals surface area contributed by atoms with Gasteiger partial charge in [0.2, 0.25) is 0 Å². The van der Waals surface area contributed by atoms with Crippen molar-refractivity contribution in [2.45, 2.75) is 0 Å². The van der Waals surface area contributed by atoms with E-state index in [0.717, 1.165) is 0 Å². The van der Waals surface area contributed by atoms with Gasteiger partial charge in [-0.25, -0.2) is 0 Å². The first kappa shape index (κ1) is 13.9. The van der Waals surface area contributed by atoms with Crippen LogP contribution in [0.1, 0.15) is 10.4 Å². The van der Waals surface area contributed by atoms with Crippen molar-refractivity contribution in [2.75, 3.05) is 11.9 Å². The van der Waals surface area contributed by atoms with Crippen molar-refractivity contribution in [3.63, 3.8) is 0 Å². The van der Waals surface area contributed by atoms with E-state index in [1.165, 1.54) is 11.0 Å². The molecule has 0 aliphatic heterocycles. The van der Waals surface area contributed by atoms with Gasteiger partial charge in [-0.3, -0.25) is 4.79 Å². The van der Waals surface area contributed by atoms with E-state index in [2.05, 4.69) is 15.9 Å². The number of benzene rings is 2. The summed E-state index contributed by atoms with van der Waals surface area (Å²) >= 11 is 9.24. The van der Waals surface area contributed by atoms with E-state index in [1.807, 2.05) is 0 Å². The molecule has 0 radical (unpaired) electrons. The molecule has 0 bridgehead atoms. The Balaban J connectivity index is 2.36. The highest BCUT2D eigenvalue weighted by Gasteiger charge is 2.17. The number of anilines is 1. The molecule has 0 aliphatic carbocycles. The monoisotopic (exact) mass is 339 g/mol. The largest absolute Gasteiger partial charge is 0.508 e. The highest BCUT2D eigenvalue weighted by molar-refractivity contribution is 9.10. The summed E-state index contributed by atoms with van der Waals surface area (Å²) < 4.78 is 0.675. The van der Waals surface area contributed by atoms with E-state index in [0.29, 0.717) is 20.7 Å². The number of halogens is 2. The van der Waals surface area contributed by atoms with Crippen LogP contribution < -0.4 is 4.90 Å². The highest BCUT2D eigenvalue weighted by atomic mass is 79.9. The summed E-state index contributed by atoms with van der Waals surface area (Å²) in [5, 5.41) is 9.94. The SMILES string of the molecule is CN(C(=O)c1cc(Cl)ccc1Br)c1cccc(O)c1. The standard InChI is InChI=1S/C14H11BrClNO2/c1-17(10-3-2-4-11(18)8-10)14(19)12-7-9(16)5-6-13(12)15/h2-8,18H,1H3. The van der Waals surface area contributed by atoms with Gasteiger partial charge in [-0.05, 0) is 46.3 Å². The zero-order valence-electron chi connectivity index (χ0n) is 10.1. The van der Waals surface area contributed by atoms with Crippen LogP contribution in [0.15, 0.2) is 46.9 Å². The topological polar surface area (TPSA) is 40.5 Å². The van der Waals surface area contributed by atoms with E-state index in [9.17, 15) is 9.90 Å². The highest BCUT2D eigenvalue weighted by Crippen LogP contribution is 2.25. The maximum atomic E-state index is 12.4. The summed E-state index contributed by atoms with van der Waals surface area (Å²) in [6.07, 6.45) is 0. The minimum atomic E-state index is -0.208. The lowest BCUT2D eigenvalue weighted by Crippen LogP contribution is -2.26. The van der Waals surface area contributed by atoms with Gasteiger partial charge in [0.25, 0.3) is 5.91 Å². The van der Waals surface area contributed by atoms with Crippen molar-refractivity contribution >= 4 is 39.1 Å². The number of hydrogen-bond donors (Lipinski definition) is 1. The van der Waals surface area contributed by atoms with Crippen molar-refractivity contribution in [1.82, 2.24) is 0 Å². The molecule has 0 atom stereocenters. The predicted octanol–water partition coefficient (Wildman–Crippen LogP) is 4.08. The maximum Gasteiger partial charge on any atom is 0.259 e. The van der Waals surface area contributed by atoms with Gasteiger partial charge in [0.05, 0.1) is 5.56 Å². The number of aromatic hydroxyl groups is 1. The fraction of sp³-hybridized carbons (Fsp3) is 0.0714. The Morgan fingerprint density at radius 3 is 2.68 bits per heavy atom. The van der Waals surface area contributed by atoms with Crippen LogP contribution in [0.25, 0.3) is 0 Å². The van der Waals surface area contributed by atoms with E-state index in [1.54, 1.807) is 43.4 Å². The van der Waals surface area contributed by atoms with Crippen LogP contribution in [0.2, 0.25) is 5.02 Å². The molecule has 0 aliphatic rings. The van der Waals surface area contributed by atoms with Gasteiger partial charge in [-0.2, -0.15) is 0 Å². The zero-order valence-corrected chi connectivity index (χ0v) is 12.4. The molecule has 2 rings (SSSR count). The number of phenolic OH excluding ortho intramolecular Hbond substituents is 1. The Bertz CT molecular complexity index is 631. The number of carbonyl (C=O) groups excluding carboxylic acids is 1. The Kier molecular flexibility index (Phi) is 4.12. The van der Waals surface area contributed by atoms with E-state index in [4.69, 9.17) is 11.6 Å². The van der Waals surface area contributed by atoms with E-state index in [-0.39, 0.29) is 11.7 Å². The first-order valence-electron chi connectivity index (χ1n) is 5.51. The van der Waals surface area contributed by atoms with Crippen LogP contribution in [0.5, 0.6) is 5.75 Å². The van der Waals surface area contributed by atoms with Crippen molar-refractivity contribution in [2.24, 2.45) is 0 Å². The molecular weight excluding hydrogens is 330 g/mol. The van der Waals surface area contributed by atoms with Gasteiger partial charge in [0, 0.05) is 28.3 Å². The average Bonchev–Trinajstić information content (AvgIpc) is 2.40. The third-order valence-electron chi connectivity index (χ3n) is 2.68. The average molecular weight is 341 g/mol. The summed E-state index contributed by atoms with van der Waals surface area (Å²) in [7, 11) is 1.64. The van der Waals surface area contributed by atoms with Gasteiger partial charge in [0.1, 0.15) is 5.75 Å². The van der Waals surface area contributed by atoms with Crippen molar-refractivity contribution in [3.05, 3.63) is 57.5 Å². The number of rotatable bonds is 2. The zero-order chi connectivity index (χ0) is 14.0. The van der Waals surface area contributed by atoms with Gasteiger partial charge >= 0.3 is 0 Å². The molecule has 2 aromatic rings. The summed E-state index contributed by atoms with van der Waals surface area (Å²) in [4.78, 5) is 13.8. The lowest BCUT2D eigenvalue weighted by atomic mass is 10.2. The number of phenols is 1. The molecule has 0 unspecified atom stereocenters. The Morgan fingerprint density at radius 2 is 2.00 bits per heavy atom. The molecule has 5 heteroatoms. The Hall–Kier alpha value is -1.52. The number of amides is 1. The van der Waals surface area contributed by atoms with Gasteiger partial charge in [0.15, 0.2) is 0 Å². The van der Waals surface area contributed by atoms with Crippen LogP contribution >= 0.6 is 27.5 Å². The third-order valence-corrected chi connectivity index (χ3v) is 3.61. The first-order chi connectivity index (χ1) is 8.99. The third kappa shape index (κ3) is 3.08. The Morgan fingerprint density at radius 1 is 1.26 bits per heavy atom. The lowest BCUT2D eigenvalue weighted by Gasteiger charge is -2.18. The molecule has 0 saturated heterocycles. The molecule has 0 spiro atoms. The van der Waals surface area contributed by atoms with Crippen LogP contribution in [-0.2, 0) is 0 Å². The Labute approximate surface area is 124 Å². The number of nitrogens with zero attached hydrogens (tertiary/aromatic N) is 1. The smallest absolute Gasteiger partial charge is 0.259 e. The fourth-order valence-corrected chi connectivity index (χ4v) is 2.25. The molecule has 0 saturated carbocycles. The minimum absolute atomic E-state index is 0.113. The molecule has 98 valence electrons. The molecule has 0 aromatic heterocycles. The van der Waals surface area contributed by atoms with Gasteiger partial charge in [-0.15, -0.1) is 0 Å². The molecule has 0 fully saturated rings. The fourth-order valence-electron chi connectivity index (χ4n) is 1.66. The minimum Gasteiger partial charge on any atom is -0.508 e. The predicted molar refractivity (Wildman–Crippen MR) is 80.0 cm³/mol. The molecule has 3 nitrogen and oxygen atoms in total. The molecule has 1 amide bonds. The first-order valence-corrected chi connectivity index (χ1v) is 6.68. The van der Waals surface area contributed by atoms with Crippen LogP contribution in [-0.4, -0.2) is 18.1 Å². The van der Waals surface area contributed by atoms with Crippen molar-refractivity contribution in [1.29, 1.82) is 0 Å².